The van der Waals surface area contributed by atoms with E-state index in [0.717, 1.165) is 36.1 Å². The Balaban J connectivity index is 1.40. The molecule has 0 N–H and O–H groups in total. The van der Waals surface area contributed by atoms with E-state index in [0.29, 0.717) is 10.5 Å². The van der Waals surface area contributed by atoms with Crippen molar-refractivity contribution in [3.63, 3.8) is 0 Å². The second-order valence-electron chi connectivity index (χ2n) is 10.3. The van der Waals surface area contributed by atoms with Gasteiger partial charge in [-0.05, 0) is 41.8 Å². The maximum Gasteiger partial charge on any atom is 0.408 e. The number of ether oxygens (including phenoxy) is 2. The van der Waals surface area contributed by atoms with Crippen molar-refractivity contribution in [2.45, 2.75) is 37.7 Å². The maximum absolute atomic E-state index is 14.7. The number of rotatable bonds is 7. The third kappa shape index (κ3) is 5.33. The van der Waals surface area contributed by atoms with Gasteiger partial charge in [-0.2, -0.15) is 13.2 Å². The van der Waals surface area contributed by atoms with Gasteiger partial charge < -0.3 is 19.3 Å². The molecule has 13 heteroatoms. The fourth-order valence-corrected chi connectivity index (χ4v) is 5.29. The Morgan fingerprint density at radius 3 is 2.40 bits per heavy atom. The van der Waals surface area contributed by atoms with E-state index in [4.69, 9.17) is 9.47 Å². The zero-order valence-corrected chi connectivity index (χ0v) is 22.8. The smallest absolute Gasteiger partial charge is 0.408 e. The molecule has 5 rings (SSSR count). The molecule has 1 heterocycles. The number of benzene rings is 3. The lowest BCUT2D eigenvalue weighted by Gasteiger charge is -2.32. The van der Waals surface area contributed by atoms with Crippen molar-refractivity contribution < 1.29 is 50.2 Å². The molecule has 1 aliphatic carbocycles. The average Bonchev–Trinajstić information content (AvgIpc) is 3.43. The lowest BCUT2D eigenvalue weighted by molar-refractivity contribution is -0.187. The minimum absolute atomic E-state index is 0.111. The molecule has 43 heavy (non-hydrogen) atoms. The summed E-state index contributed by atoms with van der Waals surface area (Å²) in [5, 5.41) is 0. The Morgan fingerprint density at radius 2 is 1.74 bits per heavy atom. The van der Waals surface area contributed by atoms with Crippen LogP contribution in [0.5, 0.6) is 5.75 Å². The third-order valence-electron chi connectivity index (χ3n) is 7.66. The highest BCUT2D eigenvalue weighted by molar-refractivity contribution is 6.15. The molecule has 226 valence electrons. The molecule has 0 radical (unpaired) electrons. The van der Waals surface area contributed by atoms with Gasteiger partial charge in [-0.25, -0.2) is 13.2 Å². The molecule has 1 fully saturated rings. The van der Waals surface area contributed by atoms with Crippen LogP contribution in [0.4, 0.5) is 26.3 Å². The lowest BCUT2D eigenvalue weighted by Crippen LogP contribution is -2.51. The molecule has 0 bridgehead atoms. The first kappa shape index (κ1) is 30.1. The van der Waals surface area contributed by atoms with Crippen molar-refractivity contribution in [3.8, 4) is 16.9 Å². The summed E-state index contributed by atoms with van der Waals surface area (Å²) in [5.74, 6) is -5.17. The van der Waals surface area contributed by atoms with Crippen LogP contribution >= 0.6 is 0 Å². The number of carbonyl (C=O) groups is 3. The van der Waals surface area contributed by atoms with Gasteiger partial charge in [0.15, 0.2) is 17.3 Å². The number of ketones is 1. The fraction of sp³-hybridized carbons (Fsp3) is 0.300. The quantitative estimate of drug-likeness (QED) is 0.283. The van der Waals surface area contributed by atoms with Crippen molar-refractivity contribution in [2.75, 3.05) is 20.4 Å². The van der Waals surface area contributed by atoms with Gasteiger partial charge in [-0.1, -0.05) is 30.3 Å². The zero-order chi connectivity index (χ0) is 31.3. The third-order valence-corrected chi connectivity index (χ3v) is 7.66. The van der Waals surface area contributed by atoms with Gasteiger partial charge in [0.2, 0.25) is 11.5 Å². The van der Waals surface area contributed by atoms with Crippen LogP contribution in [0.3, 0.4) is 0 Å². The summed E-state index contributed by atoms with van der Waals surface area (Å²) in [6, 6.07) is 8.32. The number of amides is 2. The Labute approximate surface area is 241 Å². The predicted molar refractivity (Wildman–Crippen MR) is 139 cm³/mol. The number of fused-ring (bicyclic) bond motifs is 2. The summed E-state index contributed by atoms with van der Waals surface area (Å²) in [5.41, 5.74) is -1.34. The number of hydrogen-bond donors (Lipinski definition) is 0. The van der Waals surface area contributed by atoms with E-state index >= 15 is 0 Å². The SMILES string of the molecule is COc1cc(F)c(-c2ccc3c(c2)CC(=O)[C@]32OCN(CC(=O)N(Cc3ccc(F)cc3)C(C)C(F)(F)F)C2=O)cc1F. The summed E-state index contributed by atoms with van der Waals surface area (Å²) in [6.07, 6.45) is -5.09. The van der Waals surface area contributed by atoms with E-state index in [1.165, 1.54) is 37.4 Å². The Bertz CT molecular complexity index is 1610. The Kier molecular flexibility index (Phi) is 7.71. The number of hydrogen-bond acceptors (Lipinski definition) is 5. The molecule has 3 aromatic carbocycles. The van der Waals surface area contributed by atoms with Crippen molar-refractivity contribution in [2.24, 2.45) is 0 Å². The molecule has 2 atom stereocenters. The van der Waals surface area contributed by atoms with Gasteiger partial charge in [-0.3, -0.25) is 14.4 Å². The first-order valence-electron chi connectivity index (χ1n) is 13.0. The van der Waals surface area contributed by atoms with Crippen LogP contribution in [-0.2, 0) is 37.7 Å². The number of nitrogens with zero attached hydrogens (tertiary/aromatic N) is 2. The van der Waals surface area contributed by atoms with Gasteiger partial charge in [0.1, 0.15) is 31.0 Å². The summed E-state index contributed by atoms with van der Waals surface area (Å²) in [4.78, 5) is 41.3. The Hall–Kier alpha value is -4.39. The van der Waals surface area contributed by atoms with Gasteiger partial charge in [0.05, 0.1) is 7.11 Å². The highest BCUT2D eigenvalue weighted by Crippen LogP contribution is 2.44. The van der Waals surface area contributed by atoms with Crippen LogP contribution in [0.15, 0.2) is 54.6 Å². The molecule has 3 aromatic rings. The van der Waals surface area contributed by atoms with Gasteiger partial charge in [-0.15, -0.1) is 0 Å². The van der Waals surface area contributed by atoms with Crippen LogP contribution < -0.4 is 4.74 Å². The molecular weight excluding hydrogens is 582 g/mol. The summed E-state index contributed by atoms with van der Waals surface area (Å²) < 4.78 is 93.7. The van der Waals surface area contributed by atoms with Gasteiger partial charge >= 0.3 is 6.18 Å². The van der Waals surface area contributed by atoms with Crippen molar-refractivity contribution in [1.29, 1.82) is 0 Å². The Morgan fingerprint density at radius 1 is 1.05 bits per heavy atom. The molecule has 1 aliphatic heterocycles. The number of carbonyl (C=O) groups excluding carboxylic acids is 3. The molecule has 7 nitrogen and oxygen atoms in total. The maximum atomic E-state index is 14.7. The van der Waals surface area contributed by atoms with Crippen molar-refractivity contribution in [3.05, 3.63) is 88.7 Å². The standard InChI is InChI=1S/C30H24F6N2O5/c1-16(30(34,35)36)38(13-17-3-6-20(31)7-4-17)27(40)14-37-15-43-29(28(37)41)22-8-5-18(9-19(22)10-26(29)39)21-11-24(33)25(42-2)12-23(21)32/h3-9,11-12,16H,10,13-15H2,1-2H3/t16?,29-/m1/s1. The molecular formula is C30H24F6N2O5. The van der Waals surface area contributed by atoms with Gasteiger partial charge in [0.25, 0.3) is 5.91 Å². The molecule has 0 saturated carbocycles. The fourth-order valence-electron chi connectivity index (χ4n) is 5.29. The summed E-state index contributed by atoms with van der Waals surface area (Å²) in [6.45, 7) is -1.10. The molecule has 2 amide bonds. The highest BCUT2D eigenvalue weighted by atomic mass is 19.4. The topological polar surface area (TPSA) is 76.2 Å². The van der Waals surface area contributed by atoms with Crippen LogP contribution in [0.1, 0.15) is 23.6 Å². The predicted octanol–water partition coefficient (Wildman–Crippen LogP) is 4.90. The van der Waals surface area contributed by atoms with E-state index in [1.807, 2.05) is 0 Å². The summed E-state index contributed by atoms with van der Waals surface area (Å²) >= 11 is 0. The molecule has 1 unspecified atom stereocenters. The average molecular weight is 607 g/mol. The first-order chi connectivity index (χ1) is 20.3. The summed E-state index contributed by atoms with van der Waals surface area (Å²) in [7, 11) is 1.19. The largest absolute Gasteiger partial charge is 0.494 e. The molecule has 0 aromatic heterocycles. The minimum Gasteiger partial charge on any atom is -0.494 e. The molecule has 2 aliphatic rings. The number of alkyl halides is 3. The van der Waals surface area contributed by atoms with Crippen molar-refractivity contribution in [1.82, 2.24) is 9.80 Å². The van der Waals surface area contributed by atoms with Crippen LogP contribution in [-0.4, -0.2) is 60.0 Å². The number of halogens is 6. The van der Waals surface area contributed by atoms with Gasteiger partial charge in [0, 0.05) is 30.2 Å². The minimum atomic E-state index is -4.80. The number of methoxy groups -OCH3 is 1. The second-order valence-corrected chi connectivity index (χ2v) is 10.3. The van der Waals surface area contributed by atoms with Crippen LogP contribution in [0.2, 0.25) is 0 Å². The highest BCUT2D eigenvalue weighted by Gasteiger charge is 2.59. The first-order valence-corrected chi connectivity index (χ1v) is 13.0. The second kappa shape index (κ2) is 11.0. The zero-order valence-electron chi connectivity index (χ0n) is 22.8. The van der Waals surface area contributed by atoms with E-state index in [2.05, 4.69) is 0 Å². The van der Waals surface area contributed by atoms with Crippen molar-refractivity contribution >= 4 is 17.6 Å². The van der Waals surface area contributed by atoms with Crippen LogP contribution in [0, 0.1) is 17.5 Å². The number of Topliss-reactive ketones (excluding diaryl/α,β-unsaturated/α-hetero) is 1. The lowest BCUT2D eigenvalue weighted by atomic mass is 9.92. The van der Waals surface area contributed by atoms with E-state index in [9.17, 15) is 40.7 Å². The molecule has 1 saturated heterocycles. The monoisotopic (exact) mass is 606 g/mol. The van der Waals surface area contributed by atoms with Crippen LogP contribution in [0.25, 0.3) is 11.1 Å². The van der Waals surface area contributed by atoms with E-state index in [1.54, 1.807) is 0 Å². The van der Waals surface area contributed by atoms with E-state index < -0.39 is 72.7 Å². The molecule has 1 spiro atoms. The normalized spacial score (nSPS) is 18.7. The van der Waals surface area contributed by atoms with E-state index in [-0.39, 0.29) is 34.4 Å².